The first-order valence-corrected chi connectivity index (χ1v) is 9.84. The lowest BCUT2D eigenvalue weighted by Gasteiger charge is -2.26. The summed E-state index contributed by atoms with van der Waals surface area (Å²) in [7, 11) is 0.192. The van der Waals surface area contributed by atoms with E-state index in [2.05, 4.69) is 0 Å². The minimum Gasteiger partial charge on any atom is -0.496 e. The van der Waals surface area contributed by atoms with E-state index in [1.807, 2.05) is 18.9 Å². The molecular weight excluding hydrogens is 356 g/mol. The fraction of sp³-hybridized carbons (Fsp3) is 0.333. The first-order valence-electron chi connectivity index (χ1n) is 7.95. The van der Waals surface area contributed by atoms with Crippen molar-refractivity contribution in [3.63, 3.8) is 0 Å². The van der Waals surface area contributed by atoms with Gasteiger partial charge in [-0.15, -0.1) is 0 Å². The summed E-state index contributed by atoms with van der Waals surface area (Å²) in [4.78, 5) is 12.9. The number of nitro benzene ring substituents is 1. The van der Waals surface area contributed by atoms with Gasteiger partial charge in [0.25, 0.3) is 5.69 Å². The zero-order valence-electron chi connectivity index (χ0n) is 15.2. The van der Waals surface area contributed by atoms with Gasteiger partial charge in [0.15, 0.2) is 9.84 Å². The van der Waals surface area contributed by atoms with Crippen molar-refractivity contribution in [1.82, 2.24) is 4.90 Å². The first kappa shape index (κ1) is 19.9. The molecule has 0 radical (unpaired) electrons. The van der Waals surface area contributed by atoms with E-state index in [0.717, 1.165) is 5.56 Å². The molecule has 0 fully saturated rings. The van der Waals surface area contributed by atoms with Crippen LogP contribution < -0.4 is 4.74 Å². The van der Waals surface area contributed by atoms with Crippen LogP contribution in [-0.4, -0.2) is 38.7 Å². The molecule has 0 saturated carbocycles. The molecule has 0 aliphatic rings. The lowest BCUT2D eigenvalue weighted by atomic mass is 10.1. The number of benzene rings is 2. The minimum absolute atomic E-state index is 0.0133. The Labute approximate surface area is 153 Å². The molecule has 0 aliphatic carbocycles. The highest BCUT2D eigenvalue weighted by Crippen LogP contribution is 2.28. The molecule has 0 N–H and O–H groups in total. The molecule has 26 heavy (non-hydrogen) atoms. The number of nitro groups is 1. The van der Waals surface area contributed by atoms with E-state index >= 15 is 0 Å². The maximum atomic E-state index is 11.6. The Hall–Kier alpha value is -2.45. The van der Waals surface area contributed by atoms with Crippen LogP contribution in [0.4, 0.5) is 5.69 Å². The normalized spacial score (nSPS) is 12.8. The SMILES string of the molecule is COc1ccc([N+](=O)[O-])cc1CN(C)C(C)c1ccc(S(C)(=O)=O)cc1. The fourth-order valence-electron chi connectivity index (χ4n) is 2.66. The maximum absolute atomic E-state index is 11.6. The van der Waals surface area contributed by atoms with Gasteiger partial charge in [-0.1, -0.05) is 12.1 Å². The second kappa shape index (κ2) is 7.84. The standard InChI is InChI=1S/C18H22N2O5S/c1-13(14-5-8-17(9-6-14)26(4,23)24)19(2)12-15-11-16(20(21)22)7-10-18(15)25-3/h5-11,13H,12H2,1-4H3. The van der Waals surface area contributed by atoms with Gasteiger partial charge in [-0.3, -0.25) is 15.0 Å². The average Bonchev–Trinajstić information content (AvgIpc) is 2.60. The molecule has 1 unspecified atom stereocenters. The van der Waals surface area contributed by atoms with Crippen molar-refractivity contribution < 1.29 is 18.1 Å². The molecule has 2 aromatic rings. The molecule has 8 heteroatoms. The van der Waals surface area contributed by atoms with Crippen molar-refractivity contribution in [3.8, 4) is 5.75 Å². The molecule has 0 bridgehead atoms. The van der Waals surface area contributed by atoms with Gasteiger partial charge >= 0.3 is 0 Å². The summed E-state index contributed by atoms with van der Waals surface area (Å²) in [6.45, 7) is 2.43. The summed E-state index contributed by atoms with van der Waals surface area (Å²) >= 11 is 0. The molecule has 2 rings (SSSR count). The summed E-state index contributed by atoms with van der Waals surface area (Å²) in [6.07, 6.45) is 1.17. The number of rotatable bonds is 7. The molecule has 140 valence electrons. The molecular formula is C18H22N2O5S. The summed E-state index contributed by atoms with van der Waals surface area (Å²) < 4.78 is 28.4. The Kier molecular flexibility index (Phi) is 5.99. The number of non-ortho nitro benzene ring substituents is 1. The van der Waals surface area contributed by atoms with Crippen LogP contribution in [-0.2, 0) is 16.4 Å². The fourth-order valence-corrected chi connectivity index (χ4v) is 3.29. The summed E-state index contributed by atoms with van der Waals surface area (Å²) in [5, 5.41) is 11.0. The highest BCUT2D eigenvalue weighted by atomic mass is 32.2. The van der Waals surface area contributed by atoms with Crippen molar-refractivity contribution >= 4 is 15.5 Å². The van der Waals surface area contributed by atoms with Crippen molar-refractivity contribution in [2.75, 3.05) is 20.4 Å². The minimum atomic E-state index is -3.23. The summed E-state index contributed by atoms with van der Waals surface area (Å²) in [5.41, 5.74) is 1.67. The van der Waals surface area contributed by atoms with Gasteiger partial charge < -0.3 is 4.74 Å². The Morgan fingerprint density at radius 2 is 1.81 bits per heavy atom. The largest absolute Gasteiger partial charge is 0.496 e. The van der Waals surface area contributed by atoms with E-state index in [-0.39, 0.29) is 16.6 Å². The topological polar surface area (TPSA) is 89.8 Å². The van der Waals surface area contributed by atoms with Crippen LogP contribution in [0.25, 0.3) is 0 Å². The highest BCUT2D eigenvalue weighted by Gasteiger charge is 2.17. The lowest BCUT2D eigenvalue weighted by molar-refractivity contribution is -0.385. The van der Waals surface area contributed by atoms with E-state index in [0.29, 0.717) is 17.9 Å². The van der Waals surface area contributed by atoms with Crippen LogP contribution in [0.3, 0.4) is 0 Å². The number of hydrogen-bond donors (Lipinski definition) is 0. The average molecular weight is 378 g/mol. The van der Waals surface area contributed by atoms with Crippen molar-refractivity contribution in [1.29, 1.82) is 0 Å². The van der Waals surface area contributed by atoms with Crippen molar-refractivity contribution in [3.05, 3.63) is 63.7 Å². The Morgan fingerprint density at radius 3 is 2.31 bits per heavy atom. The van der Waals surface area contributed by atoms with Gasteiger partial charge in [0.2, 0.25) is 0 Å². The van der Waals surface area contributed by atoms with Gasteiger partial charge in [-0.05, 0) is 37.7 Å². The Bertz CT molecular complexity index is 894. The lowest BCUT2D eigenvalue weighted by Crippen LogP contribution is -2.22. The van der Waals surface area contributed by atoms with E-state index in [1.165, 1.54) is 25.5 Å². The highest BCUT2D eigenvalue weighted by molar-refractivity contribution is 7.90. The van der Waals surface area contributed by atoms with E-state index in [4.69, 9.17) is 4.74 Å². The van der Waals surface area contributed by atoms with Crippen molar-refractivity contribution in [2.45, 2.75) is 24.4 Å². The van der Waals surface area contributed by atoms with Crippen LogP contribution in [0, 0.1) is 10.1 Å². The predicted molar refractivity (Wildman–Crippen MR) is 99.1 cm³/mol. The van der Waals surface area contributed by atoms with Crippen molar-refractivity contribution in [2.24, 2.45) is 0 Å². The van der Waals surface area contributed by atoms with Gasteiger partial charge in [0, 0.05) is 36.5 Å². The molecule has 2 aromatic carbocycles. The van der Waals surface area contributed by atoms with Gasteiger partial charge in [-0.2, -0.15) is 0 Å². The van der Waals surface area contributed by atoms with Crippen LogP contribution in [0.2, 0.25) is 0 Å². The monoisotopic (exact) mass is 378 g/mol. The Morgan fingerprint density at radius 1 is 1.19 bits per heavy atom. The zero-order valence-corrected chi connectivity index (χ0v) is 16.0. The number of sulfone groups is 1. The number of hydrogen-bond acceptors (Lipinski definition) is 6. The second-order valence-corrected chi connectivity index (χ2v) is 8.20. The smallest absolute Gasteiger partial charge is 0.270 e. The molecule has 0 aliphatic heterocycles. The maximum Gasteiger partial charge on any atom is 0.270 e. The predicted octanol–water partition coefficient (Wildman–Crippen LogP) is 3.20. The quantitative estimate of drug-likeness (QED) is 0.543. The summed E-state index contributed by atoms with van der Waals surface area (Å²) in [6, 6.07) is 11.2. The molecule has 0 amide bonds. The van der Waals surface area contributed by atoms with Gasteiger partial charge in [-0.25, -0.2) is 8.42 Å². The zero-order chi connectivity index (χ0) is 19.5. The number of methoxy groups -OCH3 is 1. The summed E-state index contributed by atoms with van der Waals surface area (Å²) in [5.74, 6) is 0.585. The molecule has 0 aromatic heterocycles. The third kappa shape index (κ3) is 4.59. The second-order valence-electron chi connectivity index (χ2n) is 6.19. The molecule has 0 spiro atoms. The Balaban J connectivity index is 2.22. The van der Waals surface area contributed by atoms with Crippen LogP contribution >= 0.6 is 0 Å². The molecule has 1 atom stereocenters. The molecule has 7 nitrogen and oxygen atoms in total. The van der Waals surface area contributed by atoms with E-state index in [9.17, 15) is 18.5 Å². The first-order chi connectivity index (χ1) is 12.1. The molecule has 0 saturated heterocycles. The number of nitrogens with zero attached hydrogens (tertiary/aromatic N) is 2. The third-order valence-electron chi connectivity index (χ3n) is 4.35. The van der Waals surface area contributed by atoms with E-state index in [1.54, 1.807) is 30.3 Å². The third-order valence-corrected chi connectivity index (χ3v) is 5.47. The number of ether oxygens (including phenoxy) is 1. The molecule has 0 heterocycles. The van der Waals surface area contributed by atoms with Crippen LogP contribution in [0.1, 0.15) is 24.1 Å². The van der Waals surface area contributed by atoms with Gasteiger partial charge in [0.05, 0.1) is 16.9 Å². The van der Waals surface area contributed by atoms with Crippen LogP contribution in [0.5, 0.6) is 5.75 Å². The van der Waals surface area contributed by atoms with E-state index < -0.39 is 14.8 Å². The van der Waals surface area contributed by atoms with Crippen LogP contribution in [0.15, 0.2) is 47.4 Å². The van der Waals surface area contributed by atoms with Gasteiger partial charge in [0.1, 0.15) is 5.75 Å².